The van der Waals surface area contributed by atoms with E-state index in [-0.39, 0.29) is 6.54 Å². The summed E-state index contributed by atoms with van der Waals surface area (Å²) in [5, 5.41) is 10.8. The second-order valence-electron chi connectivity index (χ2n) is 4.48. The van der Waals surface area contributed by atoms with E-state index in [9.17, 15) is 13.2 Å². The van der Waals surface area contributed by atoms with Crippen LogP contribution in [0.2, 0.25) is 0 Å². The van der Waals surface area contributed by atoms with Crippen molar-refractivity contribution < 1.29 is 13.2 Å². The summed E-state index contributed by atoms with van der Waals surface area (Å²) in [5.41, 5.74) is 0.436. The van der Waals surface area contributed by atoms with E-state index in [4.69, 9.17) is 0 Å². The molecule has 20 heavy (non-hydrogen) atoms. The molecule has 2 rings (SSSR count). The molecule has 0 radical (unpaired) electrons. The molecule has 0 amide bonds. The average molecular weight is 287 g/mol. The summed E-state index contributed by atoms with van der Waals surface area (Å²) in [6, 6.07) is 2.90. The first-order chi connectivity index (χ1) is 9.31. The second kappa shape index (κ2) is 5.18. The summed E-state index contributed by atoms with van der Waals surface area (Å²) in [6.07, 6.45) is -4.42. The molecular formula is C12H16F3N5. The van der Waals surface area contributed by atoms with E-state index in [2.05, 4.69) is 15.5 Å². The Morgan fingerprint density at radius 1 is 1.25 bits per heavy atom. The molecule has 0 saturated carbocycles. The zero-order chi connectivity index (χ0) is 14.9. The molecule has 2 heterocycles. The number of hydrogen-bond acceptors (Lipinski definition) is 3. The van der Waals surface area contributed by atoms with Crippen molar-refractivity contribution in [2.75, 3.05) is 5.32 Å². The van der Waals surface area contributed by atoms with E-state index < -0.39 is 11.9 Å². The van der Waals surface area contributed by atoms with Crippen LogP contribution in [0.25, 0.3) is 0 Å². The minimum absolute atomic E-state index is 0.255. The van der Waals surface area contributed by atoms with Crippen LogP contribution < -0.4 is 5.32 Å². The molecule has 2 aromatic heterocycles. The van der Waals surface area contributed by atoms with Crippen LogP contribution in [0.15, 0.2) is 12.1 Å². The Morgan fingerprint density at radius 3 is 2.50 bits per heavy atom. The highest BCUT2D eigenvalue weighted by Gasteiger charge is 2.34. The highest BCUT2D eigenvalue weighted by Crippen LogP contribution is 2.28. The number of nitrogens with zero attached hydrogens (tertiary/aromatic N) is 4. The third-order valence-electron chi connectivity index (χ3n) is 2.92. The Bertz CT molecular complexity index is 597. The van der Waals surface area contributed by atoms with E-state index in [1.54, 1.807) is 4.68 Å². The fraction of sp³-hybridized carbons (Fsp3) is 0.500. The van der Waals surface area contributed by atoms with Gasteiger partial charge in [-0.3, -0.25) is 4.68 Å². The maximum Gasteiger partial charge on any atom is 0.435 e. The standard InChI is InChI=1S/C12H16F3N5/c1-4-20-11(5-8(2)17-20)16-7-9-6-10(12(13,14)15)18-19(9)3/h5-6,16H,4,7H2,1-3H3. The van der Waals surface area contributed by atoms with Crippen LogP contribution in [0.1, 0.15) is 24.0 Å². The fourth-order valence-corrected chi connectivity index (χ4v) is 1.92. The van der Waals surface area contributed by atoms with E-state index in [1.807, 2.05) is 19.9 Å². The maximum absolute atomic E-state index is 12.6. The summed E-state index contributed by atoms with van der Waals surface area (Å²) in [5.74, 6) is 0.778. The lowest BCUT2D eigenvalue weighted by molar-refractivity contribution is -0.141. The van der Waals surface area contributed by atoms with Gasteiger partial charge in [-0.15, -0.1) is 0 Å². The molecule has 0 saturated heterocycles. The molecule has 0 bridgehead atoms. The summed E-state index contributed by atoms with van der Waals surface area (Å²) in [4.78, 5) is 0. The predicted octanol–water partition coefficient (Wildman–Crippen LogP) is 2.58. The van der Waals surface area contributed by atoms with Gasteiger partial charge in [0.25, 0.3) is 0 Å². The number of rotatable bonds is 4. The van der Waals surface area contributed by atoms with Gasteiger partial charge < -0.3 is 5.32 Å². The first-order valence-electron chi connectivity index (χ1n) is 6.19. The molecule has 0 atom stereocenters. The lowest BCUT2D eigenvalue weighted by atomic mass is 10.3. The Hall–Kier alpha value is -1.99. The normalized spacial score (nSPS) is 11.9. The van der Waals surface area contributed by atoms with Crippen molar-refractivity contribution in [2.24, 2.45) is 7.05 Å². The van der Waals surface area contributed by atoms with Crippen molar-refractivity contribution in [3.05, 3.63) is 29.2 Å². The van der Waals surface area contributed by atoms with Crippen molar-refractivity contribution in [2.45, 2.75) is 33.1 Å². The van der Waals surface area contributed by atoms with Crippen molar-refractivity contribution >= 4 is 5.82 Å². The number of anilines is 1. The molecule has 1 N–H and O–H groups in total. The number of alkyl halides is 3. The van der Waals surface area contributed by atoms with E-state index >= 15 is 0 Å². The minimum atomic E-state index is -4.42. The van der Waals surface area contributed by atoms with Gasteiger partial charge in [-0.25, -0.2) is 4.68 Å². The molecule has 0 spiro atoms. The topological polar surface area (TPSA) is 47.7 Å². The minimum Gasteiger partial charge on any atom is -0.365 e. The summed E-state index contributed by atoms with van der Waals surface area (Å²) < 4.78 is 40.7. The average Bonchev–Trinajstić information content (AvgIpc) is 2.89. The molecule has 0 aromatic carbocycles. The Morgan fingerprint density at radius 2 is 1.95 bits per heavy atom. The molecule has 0 aliphatic carbocycles. The van der Waals surface area contributed by atoms with Gasteiger partial charge in [0.15, 0.2) is 5.69 Å². The van der Waals surface area contributed by atoms with Gasteiger partial charge in [-0.05, 0) is 19.9 Å². The lowest BCUT2D eigenvalue weighted by Crippen LogP contribution is -2.09. The van der Waals surface area contributed by atoms with Crippen LogP contribution in [0.3, 0.4) is 0 Å². The molecule has 8 heteroatoms. The van der Waals surface area contributed by atoms with Gasteiger partial charge in [0.1, 0.15) is 5.82 Å². The van der Waals surface area contributed by atoms with Crippen LogP contribution >= 0.6 is 0 Å². The fourth-order valence-electron chi connectivity index (χ4n) is 1.92. The lowest BCUT2D eigenvalue weighted by Gasteiger charge is -2.07. The van der Waals surface area contributed by atoms with Crippen molar-refractivity contribution in [3.63, 3.8) is 0 Å². The van der Waals surface area contributed by atoms with Gasteiger partial charge in [0.05, 0.1) is 17.9 Å². The third kappa shape index (κ3) is 2.94. The van der Waals surface area contributed by atoms with Gasteiger partial charge in [0.2, 0.25) is 0 Å². The van der Waals surface area contributed by atoms with E-state index in [0.717, 1.165) is 17.6 Å². The zero-order valence-electron chi connectivity index (χ0n) is 11.5. The van der Waals surface area contributed by atoms with Crippen LogP contribution in [0, 0.1) is 6.92 Å². The molecule has 110 valence electrons. The van der Waals surface area contributed by atoms with Gasteiger partial charge in [-0.2, -0.15) is 23.4 Å². The van der Waals surface area contributed by atoms with Crippen molar-refractivity contribution in [3.8, 4) is 0 Å². The van der Waals surface area contributed by atoms with Crippen LogP contribution in [-0.2, 0) is 26.3 Å². The first-order valence-corrected chi connectivity index (χ1v) is 6.19. The summed E-state index contributed by atoms with van der Waals surface area (Å²) in [6.45, 7) is 4.76. The van der Waals surface area contributed by atoms with Crippen molar-refractivity contribution in [1.82, 2.24) is 19.6 Å². The van der Waals surface area contributed by atoms with Gasteiger partial charge in [-0.1, -0.05) is 0 Å². The monoisotopic (exact) mass is 287 g/mol. The quantitative estimate of drug-likeness (QED) is 0.940. The van der Waals surface area contributed by atoms with Crippen LogP contribution in [0.5, 0.6) is 0 Å². The van der Waals surface area contributed by atoms with E-state index in [1.165, 1.54) is 11.7 Å². The van der Waals surface area contributed by atoms with Gasteiger partial charge >= 0.3 is 6.18 Å². The zero-order valence-corrected chi connectivity index (χ0v) is 11.5. The predicted molar refractivity (Wildman–Crippen MR) is 68.2 cm³/mol. The highest BCUT2D eigenvalue weighted by atomic mass is 19.4. The number of nitrogens with one attached hydrogen (secondary N) is 1. The summed E-state index contributed by atoms with van der Waals surface area (Å²) >= 11 is 0. The number of aromatic nitrogens is 4. The molecule has 0 aliphatic heterocycles. The third-order valence-corrected chi connectivity index (χ3v) is 2.92. The number of halogens is 3. The summed E-state index contributed by atoms with van der Waals surface area (Å²) in [7, 11) is 1.49. The van der Waals surface area contributed by atoms with Gasteiger partial charge in [0, 0.05) is 19.7 Å². The molecule has 0 aliphatic rings. The van der Waals surface area contributed by atoms with E-state index in [0.29, 0.717) is 12.2 Å². The number of hydrogen-bond donors (Lipinski definition) is 1. The number of aryl methyl sites for hydroxylation is 3. The Kier molecular flexibility index (Phi) is 3.74. The Balaban J connectivity index is 2.13. The largest absolute Gasteiger partial charge is 0.435 e. The Labute approximate surface area is 114 Å². The second-order valence-corrected chi connectivity index (χ2v) is 4.48. The smallest absolute Gasteiger partial charge is 0.365 e. The molecule has 2 aromatic rings. The van der Waals surface area contributed by atoms with Crippen molar-refractivity contribution in [1.29, 1.82) is 0 Å². The molecular weight excluding hydrogens is 271 g/mol. The SMILES string of the molecule is CCn1nc(C)cc1NCc1cc(C(F)(F)F)nn1C. The van der Waals surface area contributed by atoms with Crippen LogP contribution in [0.4, 0.5) is 19.0 Å². The first kappa shape index (κ1) is 14.4. The maximum atomic E-state index is 12.6. The molecule has 0 fully saturated rings. The van der Waals surface area contributed by atoms with Crippen LogP contribution in [-0.4, -0.2) is 19.6 Å². The highest BCUT2D eigenvalue weighted by molar-refractivity contribution is 5.37. The molecule has 0 unspecified atom stereocenters. The molecule has 5 nitrogen and oxygen atoms in total.